The van der Waals surface area contributed by atoms with Crippen LogP contribution < -0.4 is 10.1 Å². The Balaban J connectivity index is 1.53. The molecule has 0 aliphatic carbocycles. The molecule has 0 aromatic heterocycles. The molecule has 1 heterocycles. The Morgan fingerprint density at radius 3 is 2.58 bits per heavy atom. The highest BCUT2D eigenvalue weighted by atomic mass is 19.1. The lowest BCUT2D eigenvalue weighted by atomic mass is 9.95. The average molecular weight is 424 g/mol. The normalized spacial score (nSPS) is 16.2. The summed E-state index contributed by atoms with van der Waals surface area (Å²) in [6, 6.07) is 14.0. The molecule has 31 heavy (non-hydrogen) atoms. The zero-order valence-electron chi connectivity index (χ0n) is 17.0. The van der Waals surface area contributed by atoms with Crippen LogP contribution in [0, 0.1) is 17.6 Å². The number of benzene rings is 3. The number of halogens is 2. The Morgan fingerprint density at radius 1 is 1.06 bits per heavy atom. The Labute approximate surface area is 178 Å². The molecule has 1 saturated heterocycles. The third-order valence-electron chi connectivity index (χ3n) is 5.60. The van der Waals surface area contributed by atoms with Gasteiger partial charge in [-0.2, -0.15) is 0 Å². The van der Waals surface area contributed by atoms with E-state index in [1.807, 2.05) is 24.3 Å². The number of ether oxygens (including phenoxy) is 1. The highest BCUT2D eigenvalue weighted by molar-refractivity contribution is 6.08. The SMILES string of the molecule is COc1ccc(C(=O)N2CCC[C@H](C(=O)Nc3ccc(F)cc3F)C2)c2ccccc12. The number of methoxy groups -OCH3 is 1. The van der Waals surface area contributed by atoms with Gasteiger partial charge in [-0.1, -0.05) is 24.3 Å². The van der Waals surface area contributed by atoms with Crippen molar-refractivity contribution in [2.24, 2.45) is 5.92 Å². The number of carbonyl (C=O) groups excluding carboxylic acids is 2. The smallest absolute Gasteiger partial charge is 0.254 e. The van der Waals surface area contributed by atoms with Crippen LogP contribution in [0.5, 0.6) is 5.75 Å². The monoisotopic (exact) mass is 424 g/mol. The van der Waals surface area contributed by atoms with Gasteiger partial charge in [-0.3, -0.25) is 9.59 Å². The van der Waals surface area contributed by atoms with Crippen molar-refractivity contribution < 1.29 is 23.1 Å². The molecule has 2 amide bonds. The first kappa shape index (κ1) is 20.8. The summed E-state index contributed by atoms with van der Waals surface area (Å²) in [6.45, 7) is 0.766. The molecule has 1 N–H and O–H groups in total. The predicted molar refractivity (Wildman–Crippen MR) is 114 cm³/mol. The molecular formula is C24H22F2N2O3. The first-order valence-electron chi connectivity index (χ1n) is 10.1. The fraction of sp³-hybridized carbons (Fsp3) is 0.250. The summed E-state index contributed by atoms with van der Waals surface area (Å²) in [5.41, 5.74) is 0.470. The Morgan fingerprint density at radius 2 is 1.84 bits per heavy atom. The fourth-order valence-electron chi connectivity index (χ4n) is 4.01. The molecule has 1 atom stereocenters. The van der Waals surface area contributed by atoms with E-state index >= 15 is 0 Å². The maximum Gasteiger partial charge on any atom is 0.254 e. The van der Waals surface area contributed by atoms with E-state index in [0.717, 1.165) is 22.9 Å². The molecule has 3 aromatic carbocycles. The maximum atomic E-state index is 13.9. The lowest BCUT2D eigenvalue weighted by Crippen LogP contribution is -2.43. The zero-order chi connectivity index (χ0) is 22.0. The van der Waals surface area contributed by atoms with Gasteiger partial charge in [0.25, 0.3) is 5.91 Å². The predicted octanol–water partition coefficient (Wildman–Crippen LogP) is 4.62. The number of rotatable bonds is 4. The molecule has 1 aliphatic rings. The molecule has 7 heteroatoms. The summed E-state index contributed by atoms with van der Waals surface area (Å²) < 4.78 is 32.4. The van der Waals surface area contributed by atoms with E-state index in [1.165, 1.54) is 6.07 Å². The third kappa shape index (κ3) is 4.21. The van der Waals surface area contributed by atoms with E-state index in [4.69, 9.17) is 4.74 Å². The number of hydrogen-bond donors (Lipinski definition) is 1. The van der Waals surface area contributed by atoms with Gasteiger partial charge in [-0.05, 0) is 42.5 Å². The summed E-state index contributed by atoms with van der Waals surface area (Å²) in [5.74, 6) is -1.89. The van der Waals surface area contributed by atoms with Crippen LogP contribution in [0.1, 0.15) is 23.2 Å². The topological polar surface area (TPSA) is 58.6 Å². The summed E-state index contributed by atoms with van der Waals surface area (Å²) in [6.07, 6.45) is 1.24. The minimum atomic E-state index is -0.832. The quantitative estimate of drug-likeness (QED) is 0.665. The van der Waals surface area contributed by atoms with Gasteiger partial charge in [-0.15, -0.1) is 0 Å². The van der Waals surface area contributed by atoms with Crippen LogP contribution in [0.2, 0.25) is 0 Å². The highest BCUT2D eigenvalue weighted by Crippen LogP contribution is 2.30. The number of carbonyl (C=O) groups is 2. The van der Waals surface area contributed by atoms with Crippen LogP contribution in [0.4, 0.5) is 14.5 Å². The zero-order valence-corrected chi connectivity index (χ0v) is 17.0. The molecule has 5 nitrogen and oxygen atoms in total. The number of anilines is 1. The molecule has 1 aliphatic heterocycles. The lowest BCUT2D eigenvalue weighted by molar-refractivity contribution is -0.121. The molecule has 0 bridgehead atoms. The van der Waals surface area contributed by atoms with Gasteiger partial charge in [0.2, 0.25) is 5.91 Å². The van der Waals surface area contributed by atoms with Crippen molar-refractivity contribution in [1.29, 1.82) is 0 Å². The van der Waals surface area contributed by atoms with E-state index < -0.39 is 17.6 Å². The summed E-state index contributed by atoms with van der Waals surface area (Å²) in [7, 11) is 1.58. The Bertz CT molecular complexity index is 1150. The van der Waals surface area contributed by atoms with Crippen LogP contribution in [0.15, 0.2) is 54.6 Å². The van der Waals surface area contributed by atoms with Gasteiger partial charge in [0.05, 0.1) is 18.7 Å². The van der Waals surface area contributed by atoms with Gasteiger partial charge in [0.15, 0.2) is 0 Å². The van der Waals surface area contributed by atoms with Crippen molar-refractivity contribution in [3.05, 3.63) is 71.8 Å². The second-order valence-electron chi connectivity index (χ2n) is 7.56. The number of piperidine rings is 1. The summed E-state index contributed by atoms with van der Waals surface area (Å²) >= 11 is 0. The standard InChI is InChI=1S/C24H22F2N2O3/c1-31-22-11-9-19(17-6-2-3-7-18(17)22)24(30)28-12-4-5-15(14-28)23(29)27-21-10-8-16(25)13-20(21)26/h2-3,6-11,13,15H,4-5,12,14H2,1H3,(H,27,29)/t15-/m0/s1. The van der Waals surface area contributed by atoms with Gasteiger partial charge >= 0.3 is 0 Å². The lowest BCUT2D eigenvalue weighted by Gasteiger charge is -2.32. The number of hydrogen-bond acceptors (Lipinski definition) is 3. The largest absolute Gasteiger partial charge is 0.496 e. The van der Waals surface area contributed by atoms with Crippen LogP contribution in [-0.4, -0.2) is 36.9 Å². The van der Waals surface area contributed by atoms with Crippen molar-refractivity contribution in [3.63, 3.8) is 0 Å². The van der Waals surface area contributed by atoms with Crippen LogP contribution in [0.3, 0.4) is 0 Å². The average Bonchev–Trinajstić information content (AvgIpc) is 2.79. The van der Waals surface area contributed by atoms with E-state index in [0.29, 0.717) is 30.7 Å². The molecular weight excluding hydrogens is 402 g/mol. The van der Waals surface area contributed by atoms with E-state index in [9.17, 15) is 18.4 Å². The van der Waals surface area contributed by atoms with Crippen molar-refractivity contribution in [1.82, 2.24) is 4.90 Å². The minimum absolute atomic E-state index is 0.0731. The number of nitrogens with one attached hydrogen (secondary N) is 1. The Hall–Kier alpha value is -3.48. The second-order valence-corrected chi connectivity index (χ2v) is 7.56. The van der Waals surface area contributed by atoms with Crippen LogP contribution in [0.25, 0.3) is 10.8 Å². The van der Waals surface area contributed by atoms with Crippen LogP contribution >= 0.6 is 0 Å². The second kappa shape index (κ2) is 8.71. The third-order valence-corrected chi connectivity index (χ3v) is 5.60. The molecule has 1 fully saturated rings. The summed E-state index contributed by atoms with van der Waals surface area (Å²) in [4.78, 5) is 27.6. The molecule has 0 spiro atoms. The van der Waals surface area contributed by atoms with Crippen molar-refractivity contribution in [2.45, 2.75) is 12.8 Å². The first-order chi connectivity index (χ1) is 15.0. The van der Waals surface area contributed by atoms with Gasteiger partial charge in [0.1, 0.15) is 17.4 Å². The van der Waals surface area contributed by atoms with E-state index in [-0.39, 0.29) is 24.0 Å². The molecule has 0 radical (unpaired) electrons. The van der Waals surface area contributed by atoms with E-state index in [1.54, 1.807) is 24.1 Å². The Kier molecular flexibility index (Phi) is 5.84. The van der Waals surface area contributed by atoms with Crippen molar-refractivity contribution >= 4 is 28.3 Å². The van der Waals surface area contributed by atoms with Crippen molar-refractivity contribution in [2.75, 3.05) is 25.5 Å². The maximum absolute atomic E-state index is 13.9. The fourth-order valence-corrected chi connectivity index (χ4v) is 4.01. The van der Waals surface area contributed by atoms with Gasteiger partial charge in [-0.25, -0.2) is 8.78 Å². The number of amides is 2. The molecule has 160 valence electrons. The van der Waals surface area contributed by atoms with Crippen LogP contribution in [-0.2, 0) is 4.79 Å². The molecule has 0 unspecified atom stereocenters. The first-order valence-corrected chi connectivity index (χ1v) is 10.1. The number of fused-ring (bicyclic) bond motifs is 1. The molecule has 4 rings (SSSR count). The molecule has 0 saturated carbocycles. The number of likely N-dealkylation sites (tertiary alicyclic amines) is 1. The molecule has 3 aromatic rings. The number of nitrogens with zero attached hydrogens (tertiary/aromatic N) is 1. The highest BCUT2D eigenvalue weighted by Gasteiger charge is 2.30. The van der Waals surface area contributed by atoms with Gasteiger partial charge < -0.3 is 15.0 Å². The minimum Gasteiger partial charge on any atom is -0.496 e. The van der Waals surface area contributed by atoms with E-state index in [2.05, 4.69) is 5.32 Å². The van der Waals surface area contributed by atoms with Crippen molar-refractivity contribution in [3.8, 4) is 5.75 Å². The van der Waals surface area contributed by atoms with Gasteiger partial charge in [0, 0.05) is 30.1 Å². The summed E-state index contributed by atoms with van der Waals surface area (Å²) in [5, 5.41) is 4.14.